The Kier molecular flexibility index (Phi) is 5.11. The van der Waals surface area contributed by atoms with Crippen LogP contribution in [0.5, 0.6) is 0 Å². The Morgan fingerprint density at radius 3 is 2.53 bits per heavy atom. The second-order valence-electron chi connectivity index (χ2n) is 4.28. The van der Waals surface area contributed by atoms with E-state index in [2.05, 4.69) is 10.6 Å². The Morgan fingerprint density at radius 1 is 1.37 bits per heavy atom. The van der Waals surface area contributed by atoms with Gasteiger partial charge in [0.25, 0.3) is 5.91 Å². The van der Waals surface area contributed by atoms with E-state index in [9.17, 15) is 14.4 Å². The minimum absolute atomic E-state index is 0.0942. The number of carboxylic acids is 1. The van der Waals surface area contributed by atoms with Crippen molar-refractivity contribution in [3.05, 3.63) is 24.2 Å². The van der Waals surface area contributed by atoms with Gasteiger partial charge in [-0.15, -0.1) is 0 Å². The molecule has 1 aromatic heterocycles. The van der Waals surface area contributed by atoms with Gasteiger partial charge in [-0.3, -0.25) is 14.4 Å². The van der Waals surface area contributed by atoms with Gasteiger partial charge in [0.15, 0.2) is 5.76 Å². The molecule has 7 nitrogen and oxygen atoms in total. The first-order chi connectivity index (χ1) is 8.91. The number of amides is 2. The van der Waals surface area contributed by atoms with Crippen LogP contribution in [0.15, 0.2) is 22.8 Å². The fourth-order valence-electron chi connectivity index (χ4n) is 1.43. The summed E-state index contributed by atoms with van der Waals surface area (Å²) in [5.41, 5.74) is 0. The van der Waals surface area contributed by atoms with Crippen LogP contribution < -0.4 is 10.6 Å². The molecule has 0 fully saturated rings. The third-order valence-electron chi connectivity index (χ3n) is 2.39. The molecule has 19 heavy (non-hydrogen) atoms. The number of furan rings is 1. The van der Waals surface area contributed by atoms with Crippen molar-refractivity contribution < 1.29 is 23.9 Å². The lowest BCUT2D eigenvalue weighted by Crippen LogP contribution is -2.50. The molecular formula is C12H16N2O5. The molecule has 0 spiro atoms. The predicted octanol–water partition coefficient (Wildman–Crippen LogP) is 0.235. The number of carbonyl (C=O) groups excluding carboxylic acids is 2. The highest BCUT2D eigenvalue weighted by molar-refractivity contribution is 5.96. The van der Waals surface area contributed by atoms with Crippen LogP contribution in [0.4, 0.5) is 0 Å². The Balaban J connectivity index is 2.65. The van der Waals surface area contributed by atoms with Crippen LogP contribution >= 0.6 is 0 Å². The SMILES string of the molecule is CC(C)C(NC(=O)c1ccco1)C(=O)NCC(=O)O. The van der Waals surface area contributed by atoms with Crippen molar-refractivity contribution in [2.45, 2.75) is 19.9 Å². The highest BCUT2D eigenvalue weighted by atomic mass is 16.4. The van der Waals surface area contributed by atoms with Crippen molar-refractivity contribution in [3.8, 4) is 0 Å². The zero-order chi connectivity index (χ0) is 14.4. The Bertz CT molecular complexity index is 453. The number of hydrogen-bond donors (Lipinski definition) is 3. The number of nitrogens with one attached hydrogen (secondary N) is 2. The number of carbonyl (C=O) groups is 3. The first kappa shape index (κ1) is 14.7. The van der Waals surface area contributed by atoms with Crippen molar-refractivity contribution in [1.82, 2.24) is 10.6 Å². The molecule has 0 saturated heterocycles. The Morgan fingerprint density at radius 2 is 2.05 bits per heavy atom. The van der Waals surface area contributed by atoms with Crippen LogP contribution in [0.1, 0.15) is 24.4 Å². The van der Waals surface area contributed by atoms with Crippen molar-refractivity contribution in [2.75, 3.05) is 6.54 Å². The zero-order valence-electron chi connectivity index (χ0n) is 10.7. The second kappa shape index (κ2) is 6.58. The first-order valence-corrected chi connectivity index (χ1v) is 5.75. The Hall–Kier alpha value is -2.31. The van der Waals surface area contributed by atoms with Gasteiger partial charge >= 0.3 is 5.97 Å². The minimum Gasteiger partial charge on any atom is -0.480 e. The molecule has 0 aliphatic heterocycles. The highest BCUT2D eigenvalue weighted by Crippen LogP contribution is 2.05. The standard InChI is InChI=1S/C12H16N2O5/c1-7(2)10(12(18)13-6-9(15)16)14-11(17)8-4-3-5-19-8/h3-5,7,10H,6H2,1-2H3,(H,13,18)(H,14,17)(H,15,16). The number of rotatable bonds is 6. The minimum atomic E-state index is -1.15. The lowest BCUT2D eigenvalue weighted by Gasteiger charge is -2.20. The van der Waals surface area contributed by atoms with E-state index in [1.807, 2.05) is 0 Å². The Labute approximate surface area is 110 Å². The van der Waals surface area contributed by atoms with Gasteiger partial charge < -0.3 is 20.2 Å². The highest BCUT2D eigenvalue weighted by Gasteiger charge is 2.25. The third-order valence-corrected chi connectivity index (χ3v) is 2.39. The lowest BCUT2D eigenvalue weighted by molar-refractivity contribution is -0.138. The van der Waals surface area contributed by atoms with E-state index < -0.39 is 30.4 Å². The molecule has 0 saturated carbocycles. The van der Waals surface area contributed by atoms with E-state index in [0.29, 0.717) is 0 Å². The second-order valence-corrected chi connectivity index (χ2v) is 4.28. The van der Waals surface area contributed by atoms with E-state index in [-0.39, 0.29) is 11.7 Å². The van der Waals surface area contributed by atoms with Crippen molar-refractivity contribution >= 4 is 17.8 Å². The van der Waals surface area contributed by atoms with Crippen LogP contribution in [0.2, 0.25) is 0 Å². The van der Waals surface area contributed by atoms with Gasteiger partial charge in [-0.2, -0.15) is 0 Å². The molecule has 1 rings (SSSR count). The van der Waals surface area contributed by atoms with Gasteiger partial charge in [0.05, 0.1) is 6.26 Å². The molecule has 2 amide bonds. The van der Waals surface area contributed by atoms with Gasteiger partial charge in [-0.05, 0) is 18.1 Å². The maximum Gasteiger partial charge on any atom is 0.322 e. The summed E-state index contributed by atoms with van der Waals surface area (Å²) in [6.07, 6.45) is 1.35. The zero-order valence-corrected chi connectivity index (χ0v) is 10.7. The van der Waals surface area contributed by atoms with Crippen molar-refractivity contribution in [2.24, 2.45) is 5.92 Å². The van der Waals surface area contributed by atoms with E-state index >= 15 is 0 Å². The van der Waals surface area contributed by atoms with Gasteiger partial charge in [0.2, 0.25) is 5.91 Å². The number of carboxylic acid groups (broad SMARTS) is 1. The summed E-state index contributed by atoms with van der Waals surface area (Å²) in [5, 5.41) is 13.2. The summed E-state index contributed by atoms with van der Waals surface area (Å²) >= 11 is 0. The molecule has 3 N–H and O–H groups in total. The summed E-state index contributed by atoms with van der Waals surface area (Å²) in [5.74, 6) is -2.30. The van der Waals surface area contributed by atoms with Crippen molar-refractivity contribution in [1.29, 1.82) is 0 Å². The van der Waals surface area contributed by atoms with E-state index in [1.54, 1.807) is 19.9 Å². The van der Waals surface area contributed by atoms with E-state index in [1.165, 1.54) is 12.3 Å². The first-order valence-electron chi connectivity index (χ1n) is 5.75. The van der Waals surface area contributed by atoms with Crippen LogP contribution in [0.25, 0.3) is 0 Å². The average Bonchev–Trinajstić information content (AvgIpc) is 2.86. The van der Waals surface area contributed by atoms with Crippen LogP contribution in [-0.4, -0.2) is 35.5 Å². The fourth-order valence-corrected chi connectivity index (χ4v) is 1.43. The average molecular weight is 268 g/mol. The summed E-state index contributed by atoms with van der Waals surface area (Å²) < 4.78 is 4.92. The normalized spacial score (nSPS) is 11.9. The molecule has 0 aromatic carbocycles. The van der Waals surface area contributed by atoms with Gasteiger partial charge in [0.1, 0.15) is 12.6 Å². The molecule has 104 valence electrons. The molecule has 0 aliphatic carbocycles. The molecular weight excluding hydrogens is 252 g/mol. The lowest BCUT2D eigenvalue weighted by atomic mass is 10.0. The summed E-state index contributed by atoms with van der Waals surface area (Å²) in [4.78, 5) is 33.9. The molecule has 0 aliphatic rings. The molecule has 1 unspecified atom stereocenters. The molecule has 7 heteroatoms. The maximum atomic E-state index is 11.8. The van der Waals surface area contributed by atoms with Crippen molar-refractivity contribution in [3.63, 3.8) is 0 Å². The molecule has 0 radical (unpaired) electrons. The smallest absolute Gasteiger partial charge is 0.322 e. The fraction of sp³-hybridized carbons (Fsp3) is 0.417. The molecule has 0 bridgehead atoms. The predicted molar refractivity (Wildman–Crippen MR) is 65.4 cm³/mol. The molecule has 1 aromatic rings. The van der Waals surface area contributed by atoms with E-state index in [0.717, 1.165) is 0 Å². The van der Waals surface area contributed by atoms with Gasteiger partial charge in [-0.25, -0.2) is 0 Å². The summed E-state index contributed by atoms with van der Waals surface area (Å²) in [7, 11) is 0. The largest absolute Gasteiger partial charge is 0.480 e. The third kappa shape index (κ3) is 4.46. The number of hydrogen-bond acceptors (Lipinski definition) is 4. The topological polar surface area (TPSA) is 109 Å². The number of aliphatic carboxylic acids is 1. The summed E-state index contributed by atoms with van der Waals surface area (Å²) in [6.45, 7) is 3.00. The van der Waals surface area contributed by atoms with Gasteiger partial charge in [-0.1, -0.05) is 13.8 Å². The van der Waals surface area contributed by atoms with Crippen LogP contribution in [-0.2, 0) is 9.59 Å². The molecule has 1 atom stereocenters. The monoisotopic (exact) mass is 268 g/mol. The molecule has 1 heterocycles. The van der Waals surface area contributed by atoms with Gasteiger partial charge in [0, 0.05) is 0 Å². The maximum absolute atomic E-state index is 11.8. The van der Waals surface area contributed by atoms with E-state index in [4.69, 9.17) is 9.52 Å². The summed E-state index contributed by atoms with van der Waals surface area (Å²) in [6, 6.07) is 2.21. The van der Waals surface area contributed by atoms with Crippen LogP contribution in [0, 0.1) is 5.92 Å². The van der Waals surface area contributed by atoms with Crippen LogP contribution in [0.3, 0.4) is 0 Å². The quantitative estimate of drug-likeness (QED) is 0.684.